The molecule has 1 aliphatic heterocycles. The topological polar surface area (TPSA) is 60.6 Å². The van der Waals surface area contributed by atoms with Gasteiger partial charge in [-0.15, -0.1) is 0 Å². The molecule has 0 amide bonds. The average Bonchev–Trinajstić information content (AvgIpc) is 3.02. The van der Waals surface area contributed by atoms with E-state index in [0.29, 0.717) is 23.2 Å². The van der Waals surface area contributed by atoms with Crippen molar-refractivity contribution in [3.63, 3.8) is 0 Å². The van der Waals surface area contributed by atoms with Gasteiger partial charge in [-0.2, -0.15) is 13.2 Å². The van der Waals surface area contributed by atoms with E-state index in [9.17, 15) is 23.3 Å². The summed E-state index contributed by atoms with van der Waals surface area (Å²) < 4.78 is 45.8. The van der Waals surface area contributed by atoms with Crippen molar-refractivity contribution in [2.45, 2.75) is 18.7 Å². The molecule has 0 aliphatic carbocycles. The summed E-state index contributed by atoms with van der Waals surface area (Å²) in [5, 5.41) is 11.3. The highest BCUT2D eigenvalue weighted by Crippen LogP contribution is 2.43. The number of halogens is 3. The van der Waals surface area contributed by atoms with Gasteiger partial charge in [0, 0.05) is 24.0 Å². The molecule has 1 saturated heterocycles. The molecule has 0 saturated carbocycles. The van der Waals surface area contributed by atoms with Gasteiger partial charge < -0.3 is 9.30 Å². The Morgan fingerprint density at radius 3 is 2.48 bits per heavy atom. The number of benzene rings is 1. The number of nitrogens with zero attached hydrogens (tertiary/aromatic N) is 2. The number of hydrogen-bond donors (Lipinski definition) is 0. The highest BCUT2D eigenvalue weighted by Gasteiger charge is 2.44. The van der Waals surface area contributed by atoms with E-state index in [1.807, 2.05) is 6.92 Å². The molecule has 3 rings (SSSR count). The van der Waals surface area contributed by atoms with Crippen LogP contribution in [0.3, 0.4) is 0 Å². The minimum atomic E-state index is -4.78. The van der Waals surface area contributed by atoms with Gasteiger partial charge in [-0.25, -0.2) is 0 Å². The molecule has 0 spiro atoms. The molecule has 0 radical (unpaired) electrons. The first-order valence-electron chi connectivity index (χ1n) is 6.13. The zero-order valence-corrected chi connectivity index (χ0v) is 11.2. The Kier molecular flexibility index (Phi) is 2.62. The van der Waals surface area contributed by atoms with Crippen LogP contribution in [0.2, 0.25) is 0 Å². The van der Waals surface area contributed by atoms with Crippen molar-refractivity contribution in [1.29, 1.82) is 0 Å². The summed E-state index contributed by atoms with van der Waals surface area (Å²) in [5.74, 6) is 0. The predicted molar refractivity (Wildman–Crippen MR) is 67.9 cm³/mol. The summed E-state index contributed by atoms with van der Waals surface area (Å²) in [7, 11) is 1.62. The first-order chi connectivity index (χ1) is 9.63. The minimum Gasteiger partial charge on any atom is -0.363 e. The van der Waals surface area contributed by atoms with Crippen LogP contribution in [0.1, 0.15) is 18.2 Å². The van der Waals surface area contributed by atoms with Crippen molar-refractivity contribution in [1.82, 2.24) is 4.57 Å². The molecule has 1 aromatic carbocycles. The van der Waals surface area contributed by atoms with E-state index in [1.54, 1.807) is 17.7 Å². The van der Waals surface area contributed by atoms with Crippen LogP contribution in [0, 0.1) is 10.1 Å². The lowest BCUT2D eigenvalue weighted by Crippen LogP contribution is -2.10. The van der Waals surface area contributed by atoms with Gasteiger partial charge in [-0.3, -0.25) is 10.1 Å². The molecule has 21 heavy (non-hydrogen) atoms. The fourth-order valence-corrected chi connectivity index (χ4v) is 2.51. The third kappa shape index (κ3) is 2.06. The van der Waals surface area contributed by atoms with Crippen molar-refractivity contribution < 1.29 is 22.8 Å². The molecule has 1 aliphatic rings. The third-order valence-electron chi connectivity index (χ3n) is 3.78. The molecular formula is C13H11F3N2O3. The highest BCUT2D eigenvalue weighted by atomic mass is 19.4. The van der Waals surface area contributed by atoms with Gasteiger partial charge in [-0.1, -0.05) is 0 Å². The Morgan fingerprint density at radius 2 is 2.00 bits per heavy atom. The monoisotopic (exact) mass is 300 g/mol. The first-order valence-corrected chi connectivity index (χ1v) is 6.13. The summed E-state index contributed by atoms with van der Waals surface area (Å²) in [6, 6.07) is 3.42. The number of nitro groups is 1. The van der Waals surface area contributed by atoms with Crippen LogP contribution in [0.15, 0.2) is 18.2 Å². The number of alkyl halides is 3. The van der Waals surface area contributed by atoms with Crippen molar-refractivity contribution in [3.05, 3.63) is 39.6 Å². The van der Waals surface area contributed by atoms with Crippen LogP contribution >= 0.6 is 0 Å². The molecule has 1 fully saturated rings. The van der Waals surface area contributed by atoms with Crippen LogP contribution in [-0.2, 0) is 23.6 Å². The summed E-state index contributed by atoms with van der Waals surface area (Å²) in [6.07, 6.45) is -4.78. The Bertz CT molecular complexity index is 760. The first kappa shape index (κ1) is 13.9. The van der Waals surface area contributed by atoms with E-state index in [1.165, 1.54) is 0 Å². The van der Waals surface area contributed by atoms with Gasteiger partial charge in [0.05, 0.1) is 17.2 Å². The van der Waals surface area contributed by atoms with Gasteiger partial charge >= 0.3 is 6.18 Å². The summed E-state index contributed by atoms with van der Waals surface area (Å²) in [6.45, 7) is 2.30. The van der Waals surface area contributed by atoms with Crippen molar-refractivity contribution in [3.8, 4) is 0 Å². The lowest BCUT2D eigenvalue weighted by atomic mass is 10.1. The lowest BCUT2D eigenvalue weighted by molar-refractivity contribution is -0.387. The van der Waals surface area contributed by atoms with Gasteiger partial charge in [0.1, 0.15) is 11.2 Å². The van der Waals surface area contributed by atoms with Gasteiger partial charge in [0.15, 0.2) is 0 Å². The second kappa shape index (κ2) is 3.97. The molecule has 0 bridgehead atoms. The fourth-order valence-electron chi connectivity index (χ4n) is 2.51. The molecule has 1 atom stereocenters. The quantitative estimate of drug-likeness (QED) is 0.485. The van der Waals surface area contributed by atoms with E-state index < -0.39 is 28.0 Å². The smallest absolute Gasteiger partial charge is 0.363 e. The van der Waals surface area contributed by atoms with Gasteiger partial charge in [0.25, 0.3) is 5.69 Å². The van der Waals surface area contributed by atoms with E-state index in [4.69, 9.17) is 4.74 Å². The van der Waals surface area contributed by atoms with Gasteiger partial charge in [0.2, 0.25) is 0 Å². The van der Waals surface area contributed by atoms with Crippen LogP contribution in [0.4, 0.5) is 18.9 Å². The molecule has 112 valence electrons. The maximum atomic E-state index is 13.0. The number of aromatic nitrogens is 1. The number of aryl methyl sites for hydroxylation is 1. The van der Waals surface area contributed by atoms with Crippen LogP contribution < -0.4 is 0 Å². The van der Waals surface area contributed by atoms with Crippen LogP contribution in [-0.4, -0.2) is 16.1 Å². The second-order valence-electron chi connectivity index (χ2n) is 5.29. The molecule has 1 aromatic heterocycles. The Labute approximate surface area is 117 Å². The Hall–Kier alpha value is -2.09. The lowest BCUT2D eigenvalue weighted by Gasteiger charge is -2.10. The molecule has 8 heteroatoms. The SMILES string of the molecule is Cn1c(C2(C)CO2)cc2cc([N+](=O)[O-])c(C(F)(F)F)cc21. The number of epoxide rings is 1. The molecule has 5 nitrogen and oxygen atoms in total. The second-order valence-corrected chi connectivity index (χ2v) is 5.29. The largest absolute Gasteiger partial charge is 0.423 e. The molecule has 2 heterocycles. The third-order valence-corrected chi connectivity index (χ3v) is 3.78. The number of nitro benzene ring substituents is 1. The van der Waals surface area contributed by atoms with Crippen LogP contribution in [0.5, 0.6) is 0 Å². The number of rotatable bonds is 2. The average molecular weight is 300 g/mol. The maximum absolute atomic E-state index is 13.0. The molecular weight excluding hydrogens is 289 g/mol. The summed E-state index contributed by atoms with van der Waals surface area (Å²) in [5.41, 5.74) is -1.71. The minimum absolute atomic E-state index is 0.291. The zero-order chi connectivity index (χ0) is 15.6. The van der Waals surface area contributed by atoms with Crippen molar-refractivity contribution in [2.24, 2.45) is 7.05 Å². The van der Waals surface area contributed by atoms with E-state index in [-0.39, 0.29) is 0 Å². The van der Waals surface area contributed by atoms with E-state index in [2.05, 4.69) is 0 Å². The number of hydrogen-bond acceptors (Lipinski definition) is 3. The molecule has 2 aromatic rings. The number of ether oxygens (including phenoxy) is 1. The van der Waals surface area contributed by atoms with E-state index >= 15 is 0 Å². The van der Waals surface area contributed by atoms with Crippen molar-refractivity contribution >= 4 is 16.6 Å². The van der Waals surface area contributed by atoms with Crippen LogP contribution in [0.25, 0.3) is 10.9 Å². The molecule has 0 N–H and O–H groups in total. The highest BCUT2D eigenvalue weighted by molar-refractivity contribution is 5.85. The summed E-state index contributed by atoms with van der Waals surface area (Å²) >= 11 is 0. The van der Waals surface area contributed by atoms with E-state index in [0.717, 1.165) is 12.1 Å². The van der Waals surface area contributed by atoms with Gasteiger partial charge in [-0.05, 0) is 19.1 Å². The predicted octanol–water partition coefficient (Wildman–Crippen LogP) is 3.35. The Balaban J connectivity index is 2.31. The normalized spacial score (nSPS) is 21.8. The maximum Gasteiger partial charge on any atom is 0.423 e. The van der Waals surface area contributed by atoms with Crippen molar-refractivity contribution in [2.75, 3.05) is 6.61 Å². The molecule has 1 unspecified atom stereocenters. The number of fused-ring (bicyclic) bond motifs is 1. The fraction of sp³-hybridized carbons (Fsp3) is 0.385. The summed E-state index contributed by atoms with van der Waals surface area (Å²) in [4.78, 5) is 9.88. The Morgan fingerprint density at radius 1 is 1.38 bits per heavy atom. The zero-order valence-electron chi connectivity index (χ0n) is 11.2. The standard InChI is InChI=1S/C13H11F3N2O3/c1-12(6-21-12)11-4-7-3-10(18(19)20)8(13(14,15)16)5-9(7)17(11)2/h3-5H,6H2,1-2H3.